The zero-order valence-electron chi connectivity index (χ0n) is 15.6. The molecule has 4 rings (SSSR count). The lowest BCUT2D eigenvalue weighted by Crippen LogP contribution is -2.50. The SMILES string of the molecule is NC[C@H]1CC[C@@H](CC(=O)N2CCN(c3cccnc3)CC2)N1CC1CC1. The number of pyridine rings is 1. The van der Waals surface area contributed by atoms with Crippen molar-refractivity contribution in [2.45, 2.75) is 44.2 Å². The zero-order valence-corrected chi connectivity index (χ0v) is 15.6. The molecular formula is C20H31N5O. The fourth-order valence-corrected chi connectivity index (χ4v) is 4.47. The number of hydrogen-bond donors (Lipinski definition) is 1. The first-order valence-corrected chi connectivity index (χ1v) is 10.1. The highest BCUT2D eigenvalue weighted by Crippen LogP contribution is 2.35. The molecule has 0 spiro atoms. The Labute approximate surface area is 156 Å². The Hall–Kier alpha value is -1.66. The van der Waals surface area contributed by atoms with E-state index in [1.165, 1.54) is 12.8 Å². The van der Waals surface area contributed by atoms with Gasteiger partial charge in [-0.1, -0.05) is 0 Å². The summed E-state index contributed by atoms with van der Waals surface area (Å²) in [6.07, 6.45) is 9.34. The van der Waals surface area contributed by atoms with Crippen LogP contribution >= 0.6 is 0 Å². The highest BCUT2D eigenvalue weighted by atomic mass is 16.2. The van der Waals surface area contributed by atoms with Crippen molar-refractivity contribution in [2.75, 3.05) is 44.2 Å². The molecule has 2 atom stereocenters. The van der Waals surface area contributed by atoms with Gasteiger partial charge < -0.3 is 15.5 Å². The van der Waals surface area contributed by atoms with Crippen molar-refractivity contribution in [1.82, 2.24) is 14.8 Å². The van der Waals surface area contributed by atoms with E-state index in [2.05, 4.69) is 25.8 Å². The van der Waals surface area contributed by atoms with Gasteiger partial charge in [-0.2, -0.15) is 0 Å². The van der Waals surface area contributed by atoms with Gasteiger partial charge in [-0.3, -0.25) is 14.7 Å². The second-order valence-corrected chi connectivity index (χ2v) is 8.04. The molecule has 2 saturated heterocycles. The lowest BCUT2D eigenvalue weighted by atomic mass is 10.1. The van der Waals surface area contributed by atoms with Crippen molar-refractivity contribution in [3.8, 4) is 0 Å². The molecule has 3 heterocycles. The van der Waals surface area contributed by atoms with Gasteiger partial charge in [-0.25, -0.2) is 0 Å². The van der Waals surface area contributed by atoms with Crippen molar-refractivity contribution in [3.63, 3.8) is 0 Å². The molecule has 2 aliphatic heterocycles. The summed E-state index contributed by atoms with van der Waals surface area (Å²) < 4.78 is 0. The van der Waals surface area contributed by atoms with Gasteiger partial charge in [0.2, 0.25) is 5.91 Å². The van der Waals surface area contributed by atoms with E-state index < -0.39 is 0 Å². The van der Waals surface area contributed by atoms with Crippen LogP contribution in [0.5, 0.6) is 0 Å². The Bertz CT molecular complexity index is 597. The van der Waals surface area contributed by atoms with Crippen LogP contribution in [0.1, 0.15) is 32.1 Å². The number of piperazine rings is 1. The van der Waals surface area contributed by atoms with Crippen molar-refractivity contribution < 1.29 is 4.79 Å². The smallest absolute Gasteiger partial charge is 0.224 e. The number of nitrogens with two attached hydrogens (primary N) is 1. The van der Waals surface area contributed by atoms with Gasteiger partial charge in [0, 0.05) is 64.0 Å². The highest BCUT2D eigenvalue weighted by molar-refractivity contribution is 5.77. The normalized spacial score (nSPS) is 27.1. The largest absolute Gasteiger partial charge is 0.367 e. The maximum atomic E-state index is 12.9. The van der Waals surface area contributed by atoms with E-state index in [1.54, 1.807) is 6.20 Å². The topological polar surface area (TPSA) is 65.7 Å². The summed E-state index contributed by atoms with van der Waals surface area (Å²) in [4.78, 5) is 24.0. The summed E-state index contributed by atoms with van der Waals surface area (Å²) in [6.45, 7) is 5.27. The molecule has 3 aliphatic rings. The molecule has 0 bridgehead atoms. The molecule has 1 aliphatic carbocycles. The van der Waals surface area contributed by atoms with Crippen LogP contribution in [-0.2, 0) is 4.79 Å². The molecule has 3 fully saturated rings. The quantitative estimate of drug-likeness (QED) is 0.832. The van der Waals surface area contributed by atoms with Crippen molar-refractivity contribution in [2.24, 2.45) is 11.7 Å². The lowest BCUT2D eigenvalue weighted by molar-refractivity contribution is -0.132. The Morgan fingerprint density at radius 2 is 1.88 bits per heavy atom. The van der Waals surface area contributed by atoms with E-state index in [1.807, 2.05) is 12.3 Å². The minimum atomic E-state index is 0.319. The van der Waals surface area contributed by atoms with Gasteiger partial charge >= 0.3 is 0 Å². The molecule has 1 aromatic rings. The van der Waals surface area contributed by atoms with Gasteiger partial charge in [0.1, 0.15) is 0 Å². The first-order valence-electron chi connectivity index (χ1n) is 10.1. The van der Waals surface area contributed by atoms with E-state index >= 15 is 0 Å². The van der Waals surface area contributed by atoms with E-state index in [0.29, 0.717) is 24.4 Å². The molecule has 0 unspecified atom stereocenters. The molecule has 0 radical (unpaired) electrons. The lowest BCUT2D eigenvalue weighted by Gasteiger charge is -2.37. The van der Waals surface area contributed by atoms with Crippen LogP contribution in [-0.4, -0.2) is 72.0 Å². The summed E-state index contributed by atoms with van der Waals surface area (Å²) in [7, 11) is 0. The molecule has 2 N–H and O–H groups in total. The Balaban J connectivity index is 1.29. The second kappa shape index (κ2) is 7.92. The van der Waals surface area contributed by atoms with Crippen molar-refractivity contribution in [3.05, 3.63) is 24.5 Å². The third kappa shape index (κ3) is 4.01. The Morgan fingerprint density at radius 3 is 2.54 bits per heavy atom. The number of rotatable bonds is 6. The number of amides is 1. The number of nitrogens with zero attached hydrogens (tertiary/aromatic N) is 4. The summed E-state index contributed by atoms with van der Waals surface area (Å²) in [5.74, 6) is 1.17. The molecular weight excluding hydrogens is 326 g/mol. The van der Waals surface area contributed by atoms with Crippen molar-refractivity contribution >= 4 is 11.6 Å². The van der Waals surface area contributed by atoms with Crippen LogP contribution in [0.25, 0.3) is 0 Å². The van der Waals surface area contributed by atoms with Crippen LogP contribution < -0.4 is 10.6 Å². The van der Waals surface area contributed by atoms with Gasteiger partial charge in [0.15, 0.2) is 0 Å². The fraction of sp³-hybridized carbons (Fsp3) is 0.700. The van der Waals surface area contributed by atoms with Crippen LogP contribution in [0, 0.1) is 5.92 Å². The number of carbonyl (C=O) groups is 1. The second-order valence-electron chi connectivity index (χ2n) is 8.04. The van der Waals surface area contributed by atoms with Crippen LogP contribution in [0.2, 0.25) is 0 Å². The maximum Gasteiger partial charge on any atom is 0.224 e. The van der Waals surface area contributed by atoms with Crippen LogP contribution in [0.3, 0.4) is 0 Å². The van der Waals surface area contributed by atoms with Crippen LogP contribution in [0.4, 0.5) is 5.69 Å². The van der Waals surface area contributed by atoms with E-state index in [9.17, 15) is 4.79 Å². The van der Waals surface area contributed by atoms with Crippen molar-refractivity contribution in [1.29, 1.82) is 0 Å². The van der Waals surface area contributed by atoms with E-state index in [4.69, 9.17) is 5.73 Å². The number of anilines is 1. The number of carbonyl (C=O) groups excluding carboxylic acids is 1. The molecule has 26 heavy (non-hydrogen) atoms. The van der Waals surface area contributed by atoms with Gasteiger partial charge in [0.25, 0.3) is 0 Å². The van der Waals surface area contributed by atoms with Gasteiger partial charge in [-0.15, -0.1) is 0 Å². The first kappa shape index (κ1) is 17.7. The summed E-state index contributed by atoms with van der Waals surface area (Å²) in [6, 6.07) is 4.94. The third-order valence-electron chi connectivity index (χ3n) is 6.26. The Kier molecular flexibility index (Phi) is 5.41. The average Bonchev–Trinajstić information content (AvgIpc) is 3.43. The molecule has 6 heteroatoms. The minimum absolute atomic E-state index is 0.319. The summed E-state index contributed by atoms with van der Waals surface area (Å²) in [5, 5.41) is 0. The molecule has 0 aromatic carbocycles. The molecule has 1 amide bonds. The number of hydrogen-bond acceptors (Lipinski definition) is 5. The fourth-order valence-electron chi connectivity index (χ4n) is 4.47. The molecule has 142 valence electrons. The zero-order chi connectivity index (χ0) is 17.9. The third-order valence-corrected chi connectivity index (χ3v) is 6.26. The maximum absolute atomic E-state index is 12.9. The Morgan fingerprint density at radius 1 is 1.12 bits per heavy atom. The van der Waals surface area contributed by atoms with Gasteiger partial charge in [0.05, 0.1) is 11.9 Å². The number of likely N-dealkylation sites (tertiary alicyclic amines) is 1. The highest BCUT2D eigenvalue weighted by Gasteiger charge is 2.38. The van der Waals surface area contributed by atoms with Gasteiger partial charge in [-0.05, 0) is 43.7 Å². The molecule has 6 nitrogen and oxygen atoms in total. The van der Waals surface area contributed by atoms with E-state index in [0.717, 1.165) is 63.7 Å². The standard InChI is InChI=1S/C20H31N5O/c21-13-18-6-5-17(25(18)15-16-3-4-16)12-20(26)24-10-8-23(9-11-24)19-2-1-7-22-14-19/h1-2,7,14,16-18H,3-6,8-13,15,21H2/t17-,18+/m0/s1. The summed E-state index contributed by atoms with van der Waals surface area (Å²) >= 11 is 0. The van der Waals surface area contributed by atoms with Crippen LogP contribution in [0.15, 0.2) is 24.5 Å². The van der Waals surface area contributed by atoms with E-state index in [-0.39, 0.29) is 0 Å². The monoisotopic (exact) mass is 357 g/mol. The average molecular weight is 358 g/mol. The minimum Gasteiger partial charge on any atom is -0.367 e. The predicted molar refractivity (Wildman–Crippen MR) is 103 cm³/mol. The first-order chi connectivity index (χ1) is 12.7. The molecule has 1 saturated carbocycles. The predicted octanol–water partition coefficient (Wildman–Crippen LogP) is 1.32. The summed E-state index contributed by atoms with van der Waals surface area (Å²) in [5.41, 5.74) is 7.13. The number of aromatic nitrogens is 1. The molecule has 1 aromatic heterocycles.